The lowest BCUT2D eigenvalue weighted by Gasteiger charge is -2.16. The van der Waals surface area contributed by atoms with Crippen LogP contribution < -0.4 is 0 Å². The lowest BCUT2D eigenvalue weighted by Crippen LogP contribution is -2.26. The Bertz CT molecular complexity index is 534. The molecule has 0 spiro atoms. The van der Waals surface area contributed by atoms with Crippen molar-refractivity contribution in [3.05, 3.63) is 65.5 Å². The molecule has 0 aliphatic rings. The third-order valence-corrected chi connectivity index (χ3v) is 3.08. The first-order valence-electron chi connectivity index (χ1n) is 6.45. The van der Waals surface area contributed by atoms with Crippen LogP contribution in [0.5, 0.6) is 0 Å². The zero-order valence-corrected chi connectivity index (χ0v) is 11.3. The van der Waals surface area contributed by atoms with Crippen LogP contribution in [0.2, 0.25) is 0 Å². The SMILES string of the molecule is CCc1ccc(CN(C)C(=O)c2ccccn2)cc1. The molecule has 0 saturated heterocycles. The summed E-state index contributed by atoms with van der Waals surface area (Å²) < 4.78 is 0. The minimum atomic E-state index is -0.0554. The van der Waals surface area contributed by atoms with Crippen LogP contribution in [-0.4, -0.2) is 22.8 Å². The summed E-state index contributed by atoms with van der Waals surface area (Å²) in [5.74, 6) is -0.0554. The first-order valence-corrected chi connectivity index (χ1v) is 6.45. The number of hydrogen-bond donors (Lipinski definition) is 0. The molecule has 0 saturated carbocycles. The Morgan fingerprint density at radius 3 is 2.37 bits per heavy atom. The Morgan fingerprint density at radius 1 is 1.11 bits per heavy atom. The largest absolute Gasteiger partial charge is 0.336 e. The van der Waals surface area contributed by atoms with E-state index in [0.29, 0.717) is 12.2 Å². The predicted molar refractivity (Wildman–Crippen MR) is 75.9 cm³/mol. The van der Waals surface area contributed by atoms with E-state index < -0.39 is 0 Å². The van der Waals surface area contributed by atoms with Gasteiger partial charge in [0, 0.05) is 19.8 Å². The Morgan fingerprint density at radius 2 is 1.79 bits per heavy atom. The molecule has 0 unspecified atom stereocenters. The normalized spacial score (nSPS) is 10.2. The summed E-state index contributed by atoms with van der Waals surface area (Å²) in [5.41, 5.74) is 2.92. The van der Waals surface area contributed by atoms with Gasteiger partial charge in [-0.15, -0.1) is 0 Å². The van der Waals surface area contributed by atoms with E-state index in [9.17, 15) is 4.79 Å². The number of pyridine rings is 1. The molecular weight excluding hydrogens is 236 g/mol. The van der Waals surface area contributed by atoms with Crippen LogP contribution in [0.15, 0.2) is 48.7 Å². The molecule has 0 bridgehead atoms. The number of aryl methyl sites for hydroxylation is 1. The predicted octanol–water partition coefficient (Wildman–Crippen LogP) is 2.92. The van der Waals surface area contributed by atoms with Gasteiger partial charge in [0.05, 0.1) is 0 Å². The van der Waals surface area contributed by atoms with Crippen molar-refractivity contribution >= 4 is 5.91 Å². The molecule has 0 aliphatic carbocycles. The highest BCUT2D eigenvalue weighted by molar-refractivity contribution is 5.91. The van der Waals surface area contributed by atoms with Gasteiger partial charge in [-0.05, 0) is 29.7 Å². The van der Waals surface area contributed by atoms with Gasteiger partial charge in [0.25, 0.3) is 5.91 Å². The van der Waals surface area contributed by atoms with Gasteiger partial charge in [0.2, 0.25) is 0 Å². The van der Waals surface area contributed by atoms with E-state index in [0.717, 1.165) is 12.0 Å². The van der Waals surface area contributed by atoms with Gasteiger partial charge in [-0.1, -0.05) is 37.3 Å². The van der Waals surface area contributed by atoms with Gasteiger partial charge < -0.3 is 4.90 Å². The maximum Gasteiger partial charge on any atom is 0.272 e. The minimum absolute atomic E-state index is 0.0554. The van der Waals surface area contributed by atoms with Crippen LogP contribution in [0.1, 0.15) is 28.5 Å². The third kappa shape index (κ3) is 3.41. The second kappa shape index (κ2) is 6.14. The third-order valence-electron chi connectivity index (χ3n) is 3.08. The minimum Gasteiger partial charge on any atom is -0.336 e. The quantitative estimate of drug-likeness (QED) is 0.840. The molecule has 0 atom stereocenters. The molecule has 2 aromatic rings. The summed E-state index contributed by atoms with van der Waals surface area (Å²) in [6.07, 6.45) is 2.67. The van der Waals surface area contributed by atoms with E-state index in [4.69, 9.17) is 0 Å². The van der Waals surface area contributed by atoms with Crippen molar-refractivity contribution in [2.24, 2.45) is 0 Å². The van der Waals surface area contributed by atoms with Crippen molar-refractivity contribution in [3.63, 3.8) is 0 Å². The van der Waals surface area contributed by atoms with Crippen molar-refractivity contribution in [2.45, 2.75) is 19.9 Å². The van der Waals surface area contributed by atoms with Gasteiger partial charge >= 0.3 is 0 Å². The molecular formula is C16H18N2O. The van der Waals surface area contributed by atoms with Crippen molar-refractivity contribution in [2.75, 3.05) is 7.05 Å². The molecule has 1 aromatic heterocycles. The molecule has 3 nitrogen and oxygen atoms in total. The Balaban J connectivity index is 2.04. The summed E-state index contributed by atoms with van der Waals surface area (Å²) in [4.78, 5) is 17.9. The van der Waals surface area contributed by atoms with Gasteiger partial charge in [0.15, 0.2) is 0 Å². The number of aromatic nitrogens is 1. The maximum absolute atomic E-state index is 12.1. The number of carbonyl (C=O) groups excluding carboxylic acids is 1. The number of benzene rings is 1. The molecule has 0 radical (unpaired) electrons. The standard InChI is InChI=1S/C16H18N2O/c1-3-13-7-9-14(10-8-13)12-18(2)16(19)15-6-4-5-11-17-15/h4-11H,3,12H2,1-2H3. The number of nitrogens with zero attached hydrogens (tertiary/aromatic N) is 2. The van der Waals surface area contributed by atoms with Crippen molar-refractivity contribution < 1.29 is 4.79 Å². The smallest absolute Gasteiger partial charge is 0.272 e. The van der Waals surface area contributed by atoms with E-state index in [1.54, 1.807) is 30.3 Å². The summed E-state index contributed by atoms with van der Waals surface area (Å²) in [6.45, 7) is 2.73. The van der Waals surface area contributed by atoms with Gasteiger partial charge in [-0.25, -0.2) is 0 Å². The first kappa shape index (κ1) is 13.3. The zero-order chi connectivity index (χ0) is 13.7. The monoisotopic (exact) mass is 254 g/mol. The molecule has 0 fully saturated rings. The molecule has 1 heterocycles. The number of amides is 1. The fourth-order valence-electron chi connectivity index (χ4n) is 1.91. The van der Waals surface area contributed by atoms with Crippen molar-refractivity contribution in [3.8, 4) is 0 Å². The van der Waals surface area contributed by atoms with E-state index in [1.807, 2.05) is 6.07 Å². The summed E-state index contributed by atoms with van der Waals surface area (Å²) in [6, 6.07) is 13.7. The van der Waals surface area contributed by atoms with E-state index in [1.165, 1.54) is 5.56 Å². The van der Waals surface area contributed by atoms with Crippen molar-refractivity contribution in [1.82, 2.24) is 9.88 Å². The van der Waals surface area contributed by atoms with E-state index >= 15 is 0 Å². The molecule has 0 N–H and O–H groups in total. The van der Waals surface area contributed by atoms with Gasteiger partial charge in [0.1, 0.15) is 5.69 Å². The lowest BCUT2D eigenvalue weighted by atomic mass is 10.1. The Kier molecular flexibility index (Phi) is 4.29. The van der Waals surface area contributed by atoms with Crippen LogP contribution in [0.4, 0.5) is 0 Å². The van der Waals surface area contributed by atoms with Crippen LogP contribution in [0.3, 0.4) is 0 Å². The zero-order valence-electron chi connectivity index (χ0n) is 11.3. The average molecular weight is 254 g/mol. The molecule has 19 heavy (non-hydrogen) atoms. The fourth-order valence-corrected chi connectivity index (χ4v) is 1.91. The lowest BCUT2D eigenvalue weighted by molar-refractivity contribution is 0.0779. The Hall–Kier alpha value is -2.16. The number of hydrogen-bond acceptors (Lipinski definition) is 2. The average Bonchev–Trinajstić information content (AvgIpc) is 2.48. The van der Waals surface area contributed by atoms with Crippen LogP contribution in [-0.2, 0) is 13.0 Å². The van der Waals surface area contributed by atoms with E-state index in [-0.39, 0.29) is 5.91 Å². The van der Waals surface area contributed by atoms with Crippen LogP contribution >= 0.6 is 0 Å². The number of rotatable bonds is 4. The van der Waals surface area contributed by atoms with Gasteiger partial charge in [-0.3, -0.25) is 9.78 Å². The highest BCUT2D eigenvalue weighted by atomic mass is 16.2. The van der Waals surface area contributed by atoms with Crippen LogP contribution in [0.25, 0.3) is 0 Å². The maximum atomic E-state index is 12.1. The summed E-state index contributed by atoms with van der Waals surface area (Å²) in [7, 11) is 1.80. The highest BCUT2D eigenvalue weighted by Gasteiger charge is 2.12. The first-order chi connectivity index (χ1) is 9.20. The van der Waals surface area contributed by atoms with Gasteiger partial charge in [-0.2, -0.15) is 0 Å². The second-order valence-corrected chi connectivity index (χ2v) is 4.55. The molecule has 2 rings (SSSR count). The molecule has 1 amide bonds. The molecule has 3 heteroatoms. The fraction of sp³-hybridized carbons (Fsp3) is 0.250. The van der Waals surface area contributed by atoms with Crippen molar-refractivity contribution in [1.29, 1.82) is 0 Å². The Labute approximate surface area is 113 Å². The highest BCUT2D eigenvalue weighted by Crippen LogP contribution is 2.09. The summed E-state index contributed by atoms with van der Waals surface area (Å²) >= 11 is 0. The van der Waals surface area contributed by atoms with E-state index in [2.05, 4.69) is 36.2 Å². The van der Waals surface area contributed by atoms with Crippen LogP contribution in [0, 0.1) is 0 Å². The molecule has 0 aliphatic heterocycles. The topological polar surface area (TPSA) is 33.2 Å². The molecule has 1 aromatic carbocycles. The molecule has 98 valence electrons. The number of carbonyl (C=O) groups is 1. The second-order valence-electron chi connectivity index (χ2n) is 4.55. The summed E-state index contributed by atoms with van der Waals surface area (Å²) in [5, 5.41) is 0.